The van der Waals surface area contributed by atoms with Crippen LogP contribution in [0.3, 0.4) is 0 Å². The molecule has 0 saturated carbocycles. The molecule has 84 valence electrons. The fourth-order valence-corrected chi connectivity index (χ4v) is 1.72. The maximum Gasteiger partial charge on any atom is 0.163 e. The number of hydrogen-bond donors (Lipinski definition) is 1. The van der Waals surface area contributed by atoms with E-state index in [1.807, 2.05) is 19.9 Å². The molecule has 1 aliphatic rings. The Kier molecular flexibility index (Phi) is 2.26. The van der Waals surface area contributed by atoms with E-state index in [4.69, 9.17) is 4.74 Å². The molecule has 0 aliphatic carbocycles. The highest BCUT2D eigenvalue weighted by atomic mass is 16.5. The maximum atomic E-state index is 11.5. The number of ketones is 1. The quantitative estimate of drug-likeness (QED) is 0.737. The molecule has 0 spiro atoms. The minimum Gasteiger partial charge on any atom is -0.507 e. The Bertz CT molecular complexity index is 484. The summed E-state index contributed by atoms with van der Waals surface area (Å²) < 4.78 is 5.72. The Morgan fingerprint density at radius 2 is 2.06 bits per heavy atom. The SMILES string of the molecule is CC(=O)c1ccc(O)c2c1OC(C)(C)C=C2. The van der Waals surface area contributed by atoms with E-state index in [9.17, 15) is 9.90 Å². The number of rotatable bonds is 1. The van der Waals surface area contributed by atoms with Crippen LogP contribution in [0.5, 0.6) is 11.5 Å². The van der Waals surface area contributed by atoms with Crippen molar-refractivity contribution in [3.8, 4) is 11.5 Å². The first kappa shape index (κ1) is 10.7. The molecule has 1 aromatic carbocycles. The van der Waals surface area contributed by atoms with Gasteiger partial charge in [-0.25, -0.2) is 0 Å². The van der Waals surface area contributed by atoms with E-state index in [-0.39, 0.29) is 11.5 Å². The van der Waals surface area contributed by atoms with Crippen molar-refractivity contribution in [3.63, 3.8) is 0 Å². The first-order chi connectivity index (χ1) is 7.41. The number of carbonyl (C=O) groups is 1. The molecule has 1 N–H and O–H groups in total. The fourth-order valence-electron chi connectivity index (χ4n) is 1.72. The third-order valence-corrected chi connectivity index (χ3v) is 2.57. The molecule has 0 saturated heterocycles. The van der Waals surface area contributed by atoms with E-state index in [0.29, 0.717) is 16.9 Å². The molecule has 1 aromatic rings. The van der Waals surface area contributed by atoms with E-state index < -0.39 is 5.60 Å². The summed E-state index contributed by atoms with van der Waals surface area (Å²) in [5, 5.41) is 9.69. The fraction of sp³-hybridized carbons (Fsp3) is 0.308. The van der Waals surface area contributed by atoms with Crippen molar-refractivity contribution in [2.24, 2.45) is 0 Å². The molecule has 0 bridgehead atoms. The topological polar surface area (TPSA) is 46.5 Å². The predicted octanol–water partition coefficient (Wildman–Crippen LogP) is 2.78. The summed E-state index contributed by atoms with van der Waals surface area (Å²) in [5.74, 6) is 0.536. The number of carbonyl (C=O) groups excluding carboxylic acids is 1. The van der Waals surface area contributed by atoms with Crippen LogP contribution in [0.1, 0.15) is 36.7 Å². The molecule has 0 atom stereocenters. The molecule has 0 amide bonds. The summed E-state index contributed by atoms with van der Waals surface area (Å²) in [5.41, 5.74) is 0.627. The Morgan fingerprint density at radius 1 is 1.38 bits per heavy atom. The van der Waals surface area contributed by atoms with Crippen LogP contribution in [0.4, 0.5) is 0 Å². The molecule has 1 aliphatic heterocycles. The Hall–Kier alpha value is -1.77. The second kappa shape index (κ2) is 3.37. The van der Waals surface area contributed by atoms with E-state index in [2.05, 4.69) is 0 Å². The van der Waals surface area contributed by atoms with Crippen molar-refractivity contribution in [2.75, 3.05) is 0 Å². The third-order valence-electron chi connectivity index (χ3n) is 2.57. The molecule has 0 unspecified atom stereocenters. The van der Waals surface area contributed by atoms with Crippen molar-refractivity contribution in [1.82, 2.24) is 0 Å². The number of ether oxygens (including phenoxy) is 1. The van der Waals surface area contributed by atoms with Gasteiger partial charge in [0.1, 0.15) is 17.1 Å². The number of fused-ring (bicyclic) bond motifs is 1. The van der Waals surface area contributed by atoms with E-state index in [1.165, 1.54) is 13.0 Å². The number of phenols is 1. The summed E-state index contributed by atoms with van der Waals surface area (Å²) in [6, 6.07) is 3.10. The summed E-state index contributed by atoms with van der Waals surface area (Å²) in [7, 11) is 0. The van der Waals surface area contributed by atoms with Crippen molar-refractivity contribution < 1.29 is 14.6 Å². The van der Waals surface area contributed by atoms with Crippen LogP contribution < -0.4 is 4.74 Å². The zero-order chi connectivity index (χ0) is 11.9. The highest BCUT2D eigenvalue weighted by Gasteiger charge is 2.26. The lowest BCUT2D eigenvalue weighted by Gasteiger charge is -2.29. The normalized spacial score (nSPS) is 16.4. The second-order valence-electron chi connectivity index (χ2n) is 4.47. The molecule has 0 radical (unpaired) electrons. The molecule has 1 heterocycles. The maximum absolute atomic E-state index is 11.5. The number of aromatic hydroxyl groups is 1. The number of hydrogen-bond acceptors (Lipinski definition) is 3. The Balaban J connectivity index is 2.65. The first-order valence-corrected chi connectivity index (χ1v) is 5.16. The molecule has 0 fully saturated rings. The van der Waals surface area contributed by atoms with E-state index in [1.54, 1.807) is 12.1 Å². The monoisotopic (exact) mass is 218 g/mol. The third kappa shape index (κ3) is 1.69. The van der Waals surface area contributed by atoms with Gasteiger partial charge in [0.25, 0.3) is 0 Å². The Morgan fingerprint density at radius 3 is 2.69 bits per heavy atom. The highest BCUT2D eigenvalue weighted by molar-refractivity contribution is 5.98. The molecular formula is C13H14O3. The molecule has 3 heteroatoms. The predicted molar refractivity (Wildman–Crippen MR) is 61.9 cm³/mol. The van der Waals surface area contributed by atoms with Crippen LogP contribution in [-0.2, 0) is 0 Å². The van der Waals surface area contributed by atoms with Gasteiger partial charge in [-0.15, -0.1) is 0 Å². The summed E-state index contributed by atoms with van der Waals surface area (Å²) in [4.78, 5) is 11.5. The lowest BCUT2D eigenvalue weighted by Crippen LogP contribution is -2.28. The molecule has 3 nitrogen and oxygen atoms in total. The number of Topliss-reactive ketones (excluding diaryl/α,β-unsaturated/α-hetero) is 1. The number of phenolic OH excluding ortho intramolecular Hbond substituents is 1. The highest BCUT2D eigenvalue weighted by Crippen LogP contribution is 2.39. The Labute approximate surface area is 94.4 Å². The molecular weight excluding hydrogens is 204 g/mol. The second-order valence-corrected chi connectivity index (χ2v) is 4.47. The smallest absolute Gasteiger partial charge is 0.163 e. The van der Waals surface area contributed by atoms with Gasteiger partial charge in [-0.3, -0.25) is 4.79 Å². The van der Waals surface area contributed by atoms with Crippen LogP contribution in [0.25, 0.3) is 6.08 Å². The van der Waals surface area contributed by atoms with Crippen LogP contribution >= 0.6 is 0 Å². The van der Waals surface area contributed by atoms with Gasteiger partial charge >= 0.3 is 0 Å². The zero-order valence-electron chi connectivity index (χ0n) is 9.57. The van der Waals surface area contributed by atoms with Gasteiger partial charge in [0.15, 0.2) is 5.78 Å². The van der Waals surface area contributed by atoms with Gasteiger partial charge in [-0.1, -0.05) is 0 Å². The largest absolute Gasteiger partial charge is 0.507 e. The van der Waals surface area contributed by atoms with Gasteiger partial charge in [0.05, 0.1) is 11.1 Å². The van der Waals surface area contributed by atoms with Gasteiger partial charge in [-0.2, -0.15) is 0 Å². The van der Waals surface area contributed by atoms with Crippen molar-refractivity contribution in [2.45, 2.75) is 26.4 Å². The van der Waals surface area contributed by atoms with Crippen LogP contribution in [0.15, 0.2) is 18.2 Å². The lowest BCUT2D eigenvalue weighted by molar-refractivity contribution is 0.1000. The molecule has 2 rings (SSSR count). The van der Waals surface area contributed by atoms with Crippen LogP contribution in [-0.4, -0.2) is 16.5 Å². The van der Waals surface area contributed by atoms with Gasteiger partial charge in [0.2, 0.25) is 0 Å². The van der Waals surface area contributed by atoms with E-state index >= 15 is 0 Å². The standard InChI is InChI=1S/C13H14O3/c1-8(14)9-4-5-11(15)10-6-7-13(2,3)16-12(9)10/h4-7,15H,1-3H3. The van der Waals surface area contributed by atoms with E-state index in [0.717, 1.165) is 0 Å². The average molecular weight is 218 g/mol. The summed E-state index contributed by atoms with van der Waals surface area (Å²) in [6.07, 6.45) is 3.65. The van der Waals surface area contributed by atoms with Crippen molar-refractivity contribution >= 4 is 11.9 Å². The van der Waals surface area contributed by atoms with Gasteiger partial charge in [0, 0.05) is 0 Å². The minimum atomic E-state index is -0.453. The van der Waals surface area contributed by atoms with Gasteiger partial charge < -0.3 is 9.84 Å². The first-order valence-electron chi connectivity index (χ1n) is 5.16. The van der Waals surface area contributed by atoms with Crippen LogP contribution in [0.2, 0.25) is 0 Å². The van der Waals surface area contributed by atoms with Crippen molar-refractivity contribution in [1.29, 1.82) is 0 Å². The van der Waals surface area contributed by atoms with Crippen molar-refractivity contribution in [3.05, 3.63) is 29.3 Å². The minimum absolute atomic E-state index is 0.0673. The number of benzene rings is 1. The summed E-state index contributed by atoms with van der Waals surface area (Å²) >= 11 is 0. The van der Waals surface area contributed by atoms with Crippen LogP contribution in [0, 0.1) is 0 Å². The van der Waals surface area contributed by atoms with Gasteiger partial charge in [-0.05, 0) is 45.1 Å². The molecule has 0 aromatic heterocycles. The zero-order valence-corrected chi connectivity index (χ0v) is 9.57. The molecule has 16 heavy (non-hydrogen) atoms. The lowest BCUT2D eigenvalue weighted by atomic mass is 9.98. The summed E-state index contributed by atoms with van der Waals surface area (Å²) in [6.45, 7) is 5.29. The average Bonchev–Trinajstić information content (AvgIpc) is 2.15.